The first-order valence-electron chi connectivity index (χ1n) is 6.28. The maximum absolute atomic E-state index is 11.8. The number of carbonyl (C=O) groups is 1. The van der Waals surface area contributed by atoms with E-state index in [1.165, 1.54) is 0 Å². The third kappa shape index (κ3) is 3.05. The number of nitrogens with one attached hydrogen (secondary N) is 1. The monoisotopic (exact) mass is 305 g/mol. The minimum Gasteiger partial charge on any atom is -0.382 e. The van der Waals surface area contributed by atoms with Gasteiger partial charge in [-0.15, -0.1) is 0 Å². The van der Waals surface area contributed by atoms with Gasteiger partial charge in [0.15, 0.2) is 0 Å². The second kappa shape index (κ2) is 5.97. The minimum absolute atomic E-state index is 0.0182. The van der Waals surface area contributed by atoms with E-state index in [-0.39, 0.29) is 5.96 Å². The van der Waals surface area contributed by atoms with Crippen LogP contribution in [0.3, 0.4) is 0 Å². The zero-order valence-electron chi connectivity index (χ0n) is 11.6. The van der Waals surface area contributed by atoms with E-state index in [0.29, 0.717) is 22.8 Å². The molecule has 0 saturated carbocycles. The van der Waals surface area contributed by atoms with Crippen molar-refractivity contribution in [2.24, 2.45) is 21.5 Å². The topological polar surface area (TPSA) is 106 Å². The number of nitrogens with zero attached hydrogens (tertiary/aromatic N) is 2. The van der Waals surface area contributed by atoms with E-state index in [1.54, 1.807) is 12.1 Å². The SMILES string of the molecule is C=NC(N)=NC1CNC(c2cc(Cl)ccc2C)=C1C(N)=O. The standard InChI is InChI=1S/C14H16ClN5O/c1-7-3-4-8(15)5-9(7)12-11(13(16)21)10(6-19-12)20-14(17)18-2/h3-5,10,19H,2,6H2,1H3,(H2,16,21)(H2,17,20). The molecular weight excluding hydrogens is 290 g/mol. The van der Waals surface area contributed by atoms with Crippen molar-refractivity contribution >= 4 is 35.9 Å². The molecule has 0 aliphatic carbocycles. The summed E-state index contributed by atoms with van der Waals surface area (Å²) in [6.07, 6.45) is 0. The molecule has 110 valence electrons. The van der Waals surface area contributed by atoms with Crippen LogP contribution < -0.4 is 16.8 Å². The number of hydrogen-bond donors (Lipinski definition) is 3. The van der Waals surface area contributed by atoms with Gasteiger partial charge in [0.05, 0.1) is 11.3 Å². The van der Waals surface area contributed by atoms with Crippen molar-refractivity contribution in [3.63, 3.8) is 0 Å². The highest BCUT2D eigenvalue weighted by Gasteiger charge is 2.30. The fourth-order valence-corrected chi connectivity index (χ4v) is 2.44. The smallest absolute Gasteiger partial charge is 0.248 e. The Morgan fingerprint density at radius 2 is 2.19 bits per heavy atom. The van der Waals surface area contributed by atoms with E-state index in [1.807, 2.05) is 13.0 Å². The van der Waals surface area contributed by atoms with Crippen LogP contribution in [0.2, 0.25) is 5.02 Å². The van der Waals surface area contributed by atoms with Gasteiger partial charge in [-0.25, -0.2) is 9.98 Å². The van der Waals surface area contributed by atoms with Crippen molar-refractivity contribution in [2.45, 2.75) is 13.0 Å². The number of benzene rings is 1. The number of guanidine groups is 1. The summed E-state index contributed by atoms with van der Waals surface area (Å²) < 4.78 is 0. The van der Waals surface area contributed by atoms with Gasteiger partial charge in [-0.3, -0.25) is 4.79 Å². The highest BCUT2D eigenvalue weighted by Crippen LogP contribution is 2.29. The molecule has 1 amide bonds. The molecule has 2 rings (SSSR count). The van der Waals surface area contributed by atoms with Gasteiger partial charge in [-0.2, -0.15) is 0 Å². The average molecular weight is 306 g/mol. The lowest BCUT2D eigenvalue weighted by Crippen LogP contribution is -2.25. The summed E-state index contributed by atoms with van der Waals surface area (Å²) in [5.74, 6) is -0.537. The first-order valence-corrected chi connectivity index (χ1v) is 6.66. The van der Waals surface area contributed by atoms with E-state index in [2.05, 4.69) is 22.0 Å². The van der Waals surface area contributed by atoms with E-state index in [4.69, 9.17) is 23.1 Å². The molecule has 1 aliphatic rings. The lowest BCUT2D eigenvalue weighted by molar-refractivity contribution is -0.114. The quantitative estimate of drug-likeness (QED) is 0.569. The van der Waals surface area contributed by atoms with Crippen molar-refractivity contribution in [1.29, 1.82) is 0 Å². The maximum atomic E-state index is 11.8. The largest absolute Gasteiger partial charge is 0.382 e. The van der Waals surface area contributed by atoms with Crippen LogP contribution in [0.25, 0.3) is 5.70 Å². The van der Waals surface area contributed by atoms with Gasteiger partial charge in [-0.1, -0.05) is 17.7 Å². The Labute approximate surface area is 127 Å². The van der Waals surface area contributed by atoms with Gasteiger partial charge in [0, 0.05) is 17.1 Å². The number of aliphatic imine (C=N–C) groups is 2. The highest BCUT2D eigenvalue weighted by atomic mass is 35.5. The number of hydrogen-bond acceptors (Lipinski definition) is 3. The molecule has 1 aromatic carbocycles. The number of aryl methyl sites for hydroxylation is 1. The van der Waals surface area contributed by atoms with Gasteiger partial charge in [0.1, 0.15) is 6.04 Å². The fourth-order valence-electron chi connectivity index (χ4n) is 2.26. The zero-order valence-corrected chi connectivity index (χ0v) is 12.3. The second-order valence-electron chi connectivity index (χ2n) is 4.65. The number of amides is 1. The van der Waals surface area contributed by atoms with Gasteiger partial charge in [0.2, 0.25) is 11.9 Å². The van der Waals surface area contributed by atoms with Crippen molar-refractivity contribution in [3.05, 3.63) is 39.9 Å². The molecule has 1 heterocycles. The van der Waals surface area contributed by atoms with Crippen molar-refractivity contribution in [3.8, 4) is 0 Å². The molecule has 6 nitrogen and oxygen atoms in total. The van der Waals surface area contributed by atoms with Crippen LogP contribution in [0.1, 0.15) is 11.1 Å². The molecule has 0 fully saturated rings. The van der Waals surface area contributed by atoms with Crippen LogP contribution in [0.4, 0.5) is 0 Å². The third-order valence-corrected chi connectivity index (χ3v) is 3.49. The summed E-state index contributed by atoms with van der Waals surface area (Å²) in [5.41, 5.74) is 13.8. The molecule has 1 aromatic rings. The molecule has 1 aliphatic heterocycles. The predicted molar refractivity (Wildman–Crippen MR) is 85.3 cm³/mol. The van der Waals surface area contributed by atoms with Crippen LogP contribution in [-0.4, -0.2) is 31.2 Å². The molecule has 0 bridgehead atoms. The number of primary amides is 1. The Morgan fingerprint density at radius 3 is 2.81 bits per heavy atom. The summed E-state index contributed by atoms with van der Waals surface area (Å²) in [6.45, 7) is 5.64. The van der Waals surface area contributed by atoms with E-state index in [9.17, 15) is 4.79 Å². The molecule has 7 heteroatoms. The third-order valence-electron chi connectivity index (χ3n) is 3.26. The second-order valence-corrected chi connectivity index (χ2v) is 5.09. The van der Waals surface area contributed by atoms with Gasteiger partial charge in [-0.05, 0) is 31.3 Å². The molecule has 0 saturated heterocycles. The summed E-state index contributed by atoms with van der Waals surface area (Å²) in [5, 5.41) is 3.72. The lowest BCUT2D eigenvalue weighted by atomic mass is 10.0. The Bertz CT molecular complexity index is 665. The Hall–Kier alpha value is -2.34. The van der Waals surface area contributed by atoms with Crippen LogP contribution in [-0.2, 0) is 4.79 Å². The van der Waals surface area contributed by atoms with Crippen molar-refractivity contribution < 1.29 is 4.79 Å². The molecule has 0 radical (unpaired) electrons. The molecule has 1 atom stereocenters. The molecule has 21 heavy (non-hydrogen) atoms. The first kappa shape index (κ1) is 15.1. The average Bonchev–Trinajstić information content (AvgIpc) is 2.84. The van der Waals surface area contributed by atoms with Gasteiger partial charge < -0.3 is 16.8 Å². The predicted octanol–water partition coefficient (Wildman–Crippen LogP) is 0.832. The fraction of sp³-hybridized carbons (Fsp3) is 0.214. The molecule has 1 unspecified atom stereocenters. The highest BCUT2D eigenvalue weighted by molar-refractivity contribution is 6.30. The summed E-state index contributed by atoms with van der Waals surface area (Å²) in [7, 11) is 0. The normalized spacial score (nSPS) is 18.6. The van der Waals surface area contributed by atoms with Crippen LogP contribution in [0.15, 0.2) is 33.8 Å². The molecular formula is C14H16ClN5O. The van der Waals surface area contributed by atoms with Crippen molar-refractivity contribution in [2.75, 3.05) is 6.54 Å². The Balaban J connectivity index is 2.56. The Morgan fingerprint density at radius 1 is 1.48 bits per heavy atom. The summed E-state index contributed by atoms with van der Waals surface area (Å²) in [6, 6.07) is 4.96. The summed E-state index contributed by atoms with van der Waals surface area (Å²) >= 11 is 6.03. The number of rotatable bonds is 3. The Kier molecular flexibility index (Phi) is 4.28. The van der Waals surface area contributed by atoms with E-state index < -0.39 is 11.9 Å². The van der Waals surface area contributed by atoms with Gasteiger partial charge >= 0.3 is 0 Å². The zero-order chi connectivity index (χ0) is 15.6. The number of halogens is 1. The van der Waals surface area contributed by atoms with E-state index >= 15 is 0 Å². The number of nitrogens with two attached hydrogens (primary N) is 2. The number of carbonyl (C=O) groups excluding carboxylic acids is 1. The van der Waals surface area contributed by atoms with E-state index in [0.717, 1.165) is 11.1 Å². The summed E-state index contributed by atoms with van der Waals surface area (Å²) in [4.78, 5) is 19.5. The van der Waals surface area contributed by atoms with Crippen LogP contribution >= 0.6 is 11.6 Å². The van der Waals surface area contributed by atoms with Gasteiger partial charge in [0.25, 0.3) is 0 Å². The molecule has 0 aromatic heterocycles. The van der Waals surface area contributed by atoms with Crippen molar-refractivity contribution in [1.82, 2.24) is 5.32 Å². The minimum atomic E-state index is -0.556. The van der Waals surface area contributed by atoms with Crippen LogP contribution in [0.5, 0.6) is 0 Å². The lowest BCUT2D eigenvalue weighted by Gasteiger charge is -2.10. The maximum Gasteiger partial charge on any atom is 0.248 e. The molecule has 0 spiro atoms. The first-order chi connectivity index (χ1) is 9.93. The molecule has 5 N–H and O–H groups in total. The van der Waals surface area contributed by atoms with Crippen LogP contribution in [0, 0.1) is 6.92 Å².